The van der Waals surface area contributed by atoms with E-state index in [0.29, 0.717) is 6.04 Å². The van der Waals surface area contributed by atoms with Gasteiger partial charge in [-0.15, -0.1) is 0 Å². The molecule has 2 N–H and O–H groups in total. The first kappa shape index (κ1) is 13.0. The number of aromatic amines is 1. The molecule has 1 saturated carbocycles. The molecular formula is C16H21ClN2. The first-order valence-electron chi connectivity index (χ1n) is 7.24. The molecule has 0 saturated heterocycles. The zero-order chi connectivity index (χ0) is 13.2. The zero-order valence-electron chi connectivity index (χ0n) is 11.4. The van der Waals surface area contributed by atoms with Crippen LogP contribution in [0.4, 0.5) is 0 Å². The summed E-state index contributed by atoms with van der Waals surface area (Å²) in [5.41, 5.74) is 2.23. The van der Waals surface area contributed by atoms with Gasteiger partial charge in [-0.25, -0.2) is 0 Å². The van der Waals surface area contributed by atoms with E-state index >= 15 is 0 Å². The maximum absolute atomic E-state index is 6.43. The standard InChI is InChI=1S/C16H21ClN2/c1-11(12-6-2-3-7-12)18-10-15-16(17)13-8-4-5-9-14(13)19-15/h4-5,8-9,11-12,18-19H,2-3,6-7,10H2,1H3. The summed E-state index contributed by atoms with van der Waals surface area (Å²) in [5, 5.41) is 5.61. The van der Waals surface area contributed by atoms with Crippen LogP contribution in [0.3, 0.4) is 0 Å². The van der Waals surface area contributed by atoms with Gasteiger partial charge < -0.3 is 10.3 Å². The highest BCUT2D eigenvalue weighted by Gasteiger charge is 2.21. The maximum atomic E-state index is 6.43. The quantitative estimate of drug-likeness (QED) is 0.846. The van der Waals surface area contributed by atoms with Crippen LogP contribution in [0.15, 0.2) is 24.3 Å². The minimum absolute atomic E-state index is 0.574. The van der Waals surface area contributed by atoms with Crippen LogP contribution in [0.5, 0.6) is 0 Å². The number of nitrogens with one attached hydrogen (secondary N) is 2. The number of halogens is 1. The van der Waals surface area contributed by atoms with Crippen LogP contribution in [-0.2, 0) is 6.54 Å². The highest BCUT2D eigenvalue weighted by molar-refractivity contribution is 6.36. The second-order valence-electron chi connectivity index (χ2n) is 5.68. The second-order valence-corrected chi connectivity index (χ2v) is 6.06. The molecule has 1 aromatic heterocycles. The van der Waals surface area contributed by atoms with Crippen molar-refractivity contribution in [3.63, 3.8) is 0 Å². The van der Waals surface area contributed by atoms with Crippen LogP contribution < -0.4 is 5.32 Å². The van der Waals surface area contributed by atoms with Gasteiger partial charge in [-0.1, -0.05) is 42.6 Å². The summed E-state index contributed by atoms with van der Waals surface area (Å²) in [7, 11) is 0. The highest BCUT2D eigenvalue weighted by Crippen LogP contribution is 2.29. The predicted octanol–water partition coefficient (Wildman–Crippen LogP) is 4.49. The lowest BCUT2D eigenvalue weighted by atomic mass is 10.00. The molecule has 1 aliphatic rings. The Bertz CT molecular complexity index is 555. The smallest absolute Gasteiger partial charge is 0.0705 e. The third-order valence-electron chi connectivity index (χ3n) is 4.42. The van der Waals surface area contributed by atoms with E-state index in [1.807, 2.05) is 12.1 Å². The third kappa shape index (κ3) is 2.65. The highest BCUT2D eigenvalue weighted by atomic mass is 35.5. The monoisotopic (exact) mass is 276 g/mol. The Morgan fingerprint density at radius 2 is 2.05 bits per heavy atom. The van der Waals surface area contributed by atoms with Crippen LogP contribution in [0.25, 0.3) is 10.9 Å². The number of hydrogen-bond donors (Lipinski definition) is 2. The second kappa shape index (κ2) is 5.56. The molecule has 0 bridgehead atoms. The van der Waals surface area contributed by atoms with E-state index in [2.05, 4.69) is 29.4 Å². The van der Waals surface area contributed by atoms with Crippen molar-refractivity contribution < 1.29 is 0 Å². The molecule has 1 atom stereocenters. The molecule has 1 heterocycles. The van der Waals surface area contributed by atoms with Crippen molar-refractivity contribution in [2.45, 2.75) is 45.2 Å². The molecule has 3 rings (SSSR count). The normalized spacial score (nSPS) is 18.2. The first-order valence-corrected chi connectivity index (χ1v) is 7.62. The van der Waals surface area contributed by atoms with E-state index < -0.39 is 0 Å². The Morgan fingerprint density at radius 1 is 1.32 bits per heavy atom. The minimum atomic E-state index is 0.574. The number of fused-ring (bicyclic) bond motifs is 1. The molecule has 19 heavy (non-hydrogen) atoms. The van der Waals surface area contributed by atoms with Gasteiger partial charge in [0.25, 0.3) is 0 Å². The van der Waals surface area contributed by atoms with Crippen LogP contribution in [-0.4, -0.2) is 11.0 Å². The Morgan fingerprint density at radius 3 is 2.79 bits per heavy atom. The van der Waals surface area contributed by atoms with Gasteiger partial charge in [0, 0.05) is 29.2 Å². The molecule has 102 valence electrons. The summed E-state index contributed by atoms with van der Waals surface area (Å²) in [6.45, 7) is 3.12. The molecule has 1 unspecified atom stereocenters. The van der Waals surface area contributed by atoms with E-state index in [1.54, 1.807) is 0 Å². The maximum Gasteiger partial charge on any atom is 0.0705 e. The largest absolute Gasteiger partial charge is 0.356 e. The van der Waals surface area contributed by atoms with Crippen molar-refractivity contribution in [2.75, 3.05) is 0 Å². The van der Waals surface area contributed by atoms with Gasteiger partial charge >= 0.3 is 0 Å². The Hall–Kier alpha value is -0.990. The molecule has 0 amide bonds. The summed E-state index contributed by atoms with van der Waals surface area (Å²) in [4.78, 5) is 3.42. The number of H-pyrrole nitrogens is 1. The number of aromatic nitrogens is 1. The summed E-state index contributed by atoms with van der Waals surface area (Å²) in [5.74, 6) is 0.836. The van der Waals surface area contributed by atoms with Gasteiger partial charge in [0.05, 0.1) is 5.02 Å². The van der Waals surface area contributed by atoms with E-state index in [4.69, 9.17) is 11.6 Å². The van der Waals surface area contributed by atoms with Crippen molar-refractivity contribution >= 4 is 22.5 Å². The van der Waals surface area contributed by atoms with Crippen molar-refractivity contribution in [2.24, 2.45) is 5.92 Å². The summed E-state index contributed by atoms with van der Waals surface area (Å²) in [6.07, 6.45) is 5.52. The average molecular weight is 277 g/mol. The Labute approximate surface area is 119 Å². The summed E-state index contributed by atoms with van der Waals surface area (Å²) in [6, 6.07) is 8.78. The molecule has 2 aromatic rings. The number of para-hydroxylation sites is 1. The number of benzene rings is 1. The number of hydrogen-bond acceptors (Lipinski definition) is 1. The van der Waals surface area contributed by atoms with Crippen molar-refractivity contribution in [3.8, 4) is 0 Å². The fraction of sp³-hybridized carbons (Fsp3) is 0.500. The molecule has 1 fully saturated rings. The van der Waals surface area contributed by atoms with Gasteiger partial charge in [-0.05, 0) is 31.7 Å². The Balaban J connectivity index is 1.69. The van der Waals surface area contributed by atoms with Crippen LogP contribution in [0.1, 0.15) is 38.3 Å². The van der Waals surface area contributed by atoms with E-state index in [0.717, 1.165) is 34.1 Å². The molecule has 1 aromatic carbocycles. The van der Waals surface area contributed by atoms with Gasteiger partial charge in [0.15, 0.2) is 0 Å². The lowest BCUT2D eigenvalue weighted by Crippen LogP contribution is -2.31. The van der Waals surface area contributed by atoms with Crippen LogP contribution in [0.2, 0.25) is 5.02 Å². The fourth-order valence-electron chi connectivity index (χ4n) is 3.17. The molecule has 0 spiro atoms. The van der Waals surface area contributed by atoms with Crippen LogP contribution in [0, 0.1) is 5.92 Å². The van der Waals surface area contributed by atoms with Gasteiger partial charge in [0.1, 0.15) is 0 Å². The third-order valence-corrected chi connectivity index (χ3v) is 4.85. The van der Waals surface area contributed by atoms with Gasteiger partial charge in [0.2, 0.25) is 0 Å². The topological polar surface area (TPSA) is 27.8 Å². The summed E-state index contributed by atoms with van der Waals surface area (Å²) >= 11 is 6.43. The van der Waals surface area contributed by atoms with Gasteiger partial charge in [-0.2, -0.15) is 0 Å². The minimum Gasteiger partial charge on any atom is -0.356 e. The molecule has 0 aliphatic heterocycles. The molecule has 3 heteroatoms. The van der Waals surface area contributed by atoms with E-state index in [9.17, 15) is 0 Å². The summed E-state index contributed by atoms with van der Waals surface area (Å²) < 4.78 is 0. The fourth-order valence-corrected chi connectivity index (χ4v) is 3.45. The molecule has 0 radical (unpaired) electrons. The zero-order valence-corrected chi connectivity index (χ0v) is 12.1. The van der Waals surface area contributed by atoms with E-state index in [1.165, 1.54) is 25.7 Å². The molecular weight excluding hydrogens is 256 g/mol. The first-order chi connectivity index (χ1) is 9.25. The van der Waals surface area contributed by atoms with E-state index in [-0.39, 0.29) is 0 Å². The predicted molar refractivity (Wildman–Crippen MR) is 81.6 cm³/mol. The molecule has 2 nitrogen and oxygen atoms in total. The molecule has 1 aliphatic carbocycles. The van der Waals surface area contributed by atoms with Crippen LogP contribution >= 0.6 is 11.6 Å². The lowest BCUT2D eigenvalue weighted by Gasteiger charge is -2.20. The average Bonchev–Trinajstić information content (AvgIpc) is 3.05. The number of rotatable bonds is 4. The van der Waals surface area contributed by atoms with Crippen molar-refractivity contribution in [3.05, 3.63) is 35.0 Å². The SMILES string of the molecule is CC(NCc1[nH]c2ccccc2c1Cl)C1CCCC1. The van der Waals surface area contributed by atoms with Crippen molar-refractivity contribution in [1.82, 2.24) is 10.3 Å². The van der Waals surface area contributed by atoms with Gasteiger partial charge in [-0.3, -0.25) is 0 Å². The Kier molecular flexibility index (Phi) is 3.81. The van der Waals surface area contributed by atoms with Crippen molar-refractivity contribution in [1.29, 1.82) is 0 Å². The lowest BCUT2D eigenvalue weighted by molar-refractivity contribution is 0.379.